The molecule has 0 radical (unpaired) electrons. The molecular weight excluding hydrogens is 272 g/mol. The monoisotopic (exact) mass is 290 g/mol. The van der Waals surface area contributed by atoms with Crippen LogP contribution in [-0.4, -0.2) is 9.55 Å². The van der Waals surface area contributed by atoms with Crippen molar-refractivity contribution in [1.82, 2.24) is 9.55 Å². The van der Waals surface area contributed by atoms with Crippen molar-refractivity contribution < 1.29 is 0 Å². The molecule has 0 fully saturated rings. The molecular formula is C18H18N4. The van der Waals surface area contributed by atoms with Gasteiger partial charge in [0.1, 0.15) is 5.82 Å². The van der Waals surface area contributed by atoms with E-state index in [1.807, 2.05) is 56.3 Å². The lowest BCUT2D eigenvalue weighted by molar-refractivity contribution is 0.597. The number of hydrogen-bond acceptors (Lipinski definition) is 3. The maximum atomic E-state index is 9.14. The summed E-state index contributed by atoms with van der Waals surface area (Å²) in [6.45, 7) is 4.52. The number of imidazole rings is 1. The van der Waals surface area contributed by atoms with E-state index in [1.54, 1.807) is 0 Å². The molecule has 0 spiro atoms. The lowest BCUT2D eigenvalue weighted by atomic mass is 10.1. The Kier molecular flexibility index (Phi) is 3.56. The van der Waals surface area contributed by atoms with Gasteiger partial charge < -0.3 is 10.3 Å². The molecule has 0 aliphatic carbocycles. The van der Waals surface area contributed by atoms with Gasteiger partial charge in [-0.25, -0.2) is 4.98 Å². The highest BCUT2D eigenvalue weighted by molar-refractivity contribution is 5.81. The molecule has 110 valence electrons. The van der Waals surface area contributed by atoms with Gasteiger partial charge >= 0.3 is 0 Å². The van der Waals surface area contributed by atoms with Crippen molar-refractivity contribution in [2.24, 2.45) is 5.92 Å². The standard InChI is InChI=1S/C18H18N4/c1-12(10-19)11-22-17-6-4-3-5-16(17)21-18(22)14-8-7-13(2)15(20)9-14/h3-9,12H,11,20H2,1-2H3. The van der Waals surface area contributed by atoms with Gasteiger partial charge in [0, 0.05) is 17.8 Å². The summed E-state index contributed by atoms with van der Waals surface area (Å²) in [5.74, 6) is 0.772. The highest BCUT2D eigenvalue weighted by Crippen LogP contribution is 2.28. The fourth-order valence-corrected chi connectivity index (χ4v) is 2.57. The van der Waals surface area contributed by atoms with Crippen molar-refractivity contribution >= 4 is 16.7 Å². The maximum Gasteiger partial charge on any atom is 0.141 e. The summed E-state index contributed by atoms with van der Waals surface area (Å²) < 4.78 is 2.10. The average molecular weight is 290 g/mol. The van der Waals surface area contributed by atoms with E-state index >= 15 is 0 Å². The first kappa shape index (κ1) is 14.2. The number of nitrogens with zero attached hydrogens (tertiary/aromatic N) is 3. The van der Waals surface area contributed by atoms with E-state index in [-0.39, 0.29) is 5.92 Å². The van der Waals surface area contributed by atoms with Gasteiger partial charge in [0.2, 0.25) is 0 Å². The van der Waals surface area contributed by atoms with Crippen molar-refractivity contribution in [2.45, 2.75) is 20.4 Å². The Bertz CT molecular complexity index is 870. The van der Waals surface area contributed by atoms with Crippen LogP contribution in [0.5, 0.6) is 0 Å². The molecule has 3 aromatic rings. The number of para-hydroxylation sites is 2. The van der Waals surface area contributed by atoms with Gasteiger partial charge in [-0.3, -0.25) is 0 Å². The molecule has 0 amide bonds. The lowest BCUT2D eigenvalue weighted by Crippen LogP contribution is -2.07. The molecule has 0 saturated carbocycles. The summed E-state index contributed by atoms with van der Waals surface area (Å²) in [6, 6.07) is 16.3. The molecule has 2 aromatic carbocycles. The van der Waals surface area contributed by atoms with Crippen molar-refractivity contribution in [2.75, 3.05) is 5.73 Å². The topological polar surface area (TPSA) is 67.6 Å². The molecule has 3 rings (SSSR count). The minimum atomic E-state index is -0.0841. The van der Waals surface area contributed by atoms with Crippen LogP contribution in [0.15, 0.2) is 42.5 Å². The molecule has 0 aliphatic rings. The molecule has 4 nitrogen and oxygen atoms in total. The third kappa shape index (κ3) is 2.42. The molecule has 2 N–H and O–H groups in total. The van der Waals surface area contributed by atoms with E-state index < -0.39 is 0 Å². The van der Waals surface area contributed by atoms with Gasteiger partial charge in [-0.2, -0.15) is 5.26 Å². The number of nitrogens with two attached hydrogens (primary N) is 1. The van der Waals surface area contributed by atoms with Crippen LogP contribution in [-0.2, 0) is 6.54 Å². The Morgan fingerprint density at radius 2 is 2.05 bits per heavy atom. The van der Waals surface area contributed by atoms with E-state index in [1.165, 1.54) is 0 Å². The van der Waals surface area contributed by atoms with Gasteiger partial charge in [0.25, 0.3) is 0 Å². The highest BCUT2D eigenvalue weighted by Gasteiger charge is 2.15. The second-order valence-corrected chi connectivity index (χ2v) is 5.64. The molecule has 1 aromatic heterocycles. The number of nitrogen functional groups attached to an aromatic ring is 1. The largest absolute Gasteiger partial charge is 0.398 e. The van der Waals surface area contributed by atoms with E-state index in [2.05, 4.69) is 10.6 Å². The Hall–Kier alpha value is -2.80. The zero-order chi connectivity index (χ0) is 15.7. The first-order valence-electron chi connectivity index (χ1n) is 7.31. The van der Waals surface area contributed by atoms with Crippen molar-refractivity contribution in [3.05, 3.63) is 48.0 Å². The quantitative estimate of drug-likeness (QED) is 0.747. The number of rotatable bonds is 3. The molecule has 0 saturated heterocycles. The van der Waals surface area contributed by atoms with Crippen LogP contribution in [0.4, 0.5) is 5.69 Å². The summed E-state index contributed by atoms with van der Waals surface area (Å²) in [6.07, 6.45) is 0. The van der Waals surface area contributed by atoms with Gasteiger partial charge in [0.15, 0.2) is 0 Å². The number of fused-ring (bicyclic) bond motifs is 1. The molecule has 1 atom stereocenters. The number of benzene rings is 2. The lowest BCUT2D eigenvalue weighted by Gasteiger charge is -2.11. The van der Waals surface area contributed by atoms with Crippen LogP contribution in [0, 0.1) is 24.2 Å². The van der Waals surface area contributed by atoms with Crippen LogP contribution < -0.4 is 5.73 Å². The van der Waals surface area contributed by atoms with Crippen LogP contribution in [0.1, 0.15) is 12.5 Å². The fraction of sp³-hybridized carbons (Fsp3) is 0.222. The number of hydrogen-bond donors (Lipinski definition) is 1. The predicted molar refractivity (Wildman–Crippen MR) is 89.1 cm³/mol. The summed E-state index contributed by atoms with van der Waals surface area (Å²) in [4.78, 5) is 4.74. The third-order valence-corrected chi connectivity index (χ3v) is 3.87. The molecule has 0 bridgehead atoms. The fourth-order valence-electron chi connectivity index (χ4n) is 2.57. The van der Waals surface area contributed by atoms with Gasteiger partial charge in [-0.1, -0.05) is 24.3 Å². The zero-order valence-corrected chi connectivity index (χ0v) is 12.7. The Labute approximate surface area is 129 Å². The van der Waals surface area contributed by atoms with E-state index in [0.717, 1.165) is 33.7 Å². The number of aromatic nitrogens is 2. The summed E-state index contributed by atoms with van der Waals surface area (Å²) >= 11 is 0. The number of aryl methyl sites for hydroxylation is 1. The number of anilines is 1. The van der Waals surface area contributed by atoms with Crippen molar-refractivity contribution in [3.8, 4) is 17.5 Å². The van der Waals surface area contributed by atoms with Crippen LogP contribution in [0.3, 0.4) is 0 Å². The van der Waals surface area contributed by atoms with Gasteiger partial charge in [-0.05, 0) is 37.6 Å². The van der Waals surface area contributed by atoms with E-state index in [0.29, 0.717) is 6.54 Å². The average Bonchev–Trinajstić information content (AvgIpc) is 2.89. The van der Waals surface area contributed by atoms with Crippen LogP contribution in [0.2, 0.25) is 0 Å². The third-order valence-electron chi connectivity index (χ3n) is 3.87. The second-order valence-electron chi connectivity index (χ2n) is 5.64. The minimum Gasteiger partial charge on any atom is -0.398 e. The summed E-state index contributed by atoms with van der Waals surface area (Å²) in [7, 11) is 0. The van der Waals surface area contributed by atoms with E-state index in [9.17, 15) is 0 Å². The summed E-state index contributed by atoms with van der Waals surface area (Å²) in [5.41, 5.74) is 10.8. The van der Waals surface area contributed by atoms with Crippen LogP contribution in [0.25, 0.3) is 22.4 Å². The molecule has 1 unspecified atom stereocenters. The Balaban J connectivity index is 2.21. The smallest absolute Gasteiger partial charge is 0.141 e. The molecule has 4 heteroatoms. The van der Waals surface area contributed by atoms with E-state index in [4.69, 9.17) is 16.0 Å². The second kappa shape index (κ2) is 5.53. The normalized spacial score (nSPS) is 12.2. The highest BCUT2D eigenvalue weighted by atomic mass is 15.1. The maximum absolute atomic E-state index is 9.14. The van der Waals surface area contributed by atoms with Crippen molar-refractivity contribution in [1.29, 1.82) is 5.26 Å². The first-order valence-corrected chi connectivity index (χ1v) is 7.31. The van der Waals surface area contributed by atoms with Crippen molar-refractivity contribution in [3.63, 3.8) is 0 Å². The molecule has 0 aliphatic heterocycles. The SMILES string of the molecule is Cc1ccc(-c2nc3ccccc3n2CC(C)C#N)cc1N. The summed E-state index contributed by atoms with van der Waals surface area (Å²) in [5, 5.41) is 9.14. The first-order chi connectivity index (χ1) is 10.6. The van der Waals surface area contributed by atoms with Gasteiger partial charge in [0.05, 0.1) is 23.0 Å². The minimum absolute atomic E-state index is 0.0841. The van der Waals surface area contributed by atoms with Crippen LogP contribution >= 0.6 is 0 Å². The number of nitriles is 1. The Morgan fingerprint density at radius 3 is 2.77 bits per heavy atom. The predicted octanol–water partition coefficient (Wildman–Crippen LogP) is 3.75. The molecule has 1 heterocycles. The Morgan fingerprint density at radius 1 is 1.27 bits per heavy atom. The molecule has 22 heavy (non-hydrogen) atoms. The zero-order valence-electron chi connectivity index (χ0n) is 12.7. The van der Waals surface area contributed by atoms with Gasteiger partial charge in [-0.15, -0.1) is 0 Å².